The van der Waals surface area contributed by atoms with E-state index in [2.05, 4.69) is 29.6 Å². The summed E-state index contributed by atoms with van der Waals surface area (Å²) in [6.45, 7) is 1.97. The molecule has 0 bridgehead atoms. The number of fused-ring (bicyclic) bond motifs is 3. The van der Waals surface area contributed by atoms with E-state index in [1.807, 2.05) is 31.2 Å². The summed E-state index contributed by atoms with van der Waals surface area (Å²) in [5.74, 6) is 0.962. The first-order valence-corrected chi connectivity index (χ1v) is 10.1. The van der Waals surface area contributed by atoms with Gasteiger partial charge in [0.15, 0.2) is 0 Å². The molecular weight excluding hydrogens is 382 g/mol. The van der Waals surface area contributed by atoms with Crippen molar-refractivity contribution in [3.8, 4) is 11.1 Å². The van der Waals surface area contributed by atoms with E-state index >= 15 is 0 Å². The average molecular weight is 407 g/mol. The van der Waals surface area contributed by atoms with Gasteiger partial charge in [-0.05, 0) is 34.4 Å². The van der Waals surface area contributed by atoms with E-state index in [-0.39, 0.29) is 24.8 Å². The van der Waals surface area contributed by atoms with Gasteiger partial charge in [-0.1, -0.05) is 55.5 Å². The fourth-order valence-electron chi connectivity index (χ4n) is 3.88. The fraction of sp³-hybridized carbons (Fsp3) is 0.292. The van der Waals surface area contributed by atoms with Gasteiger partial charge in [0.2, 0.25) is 0 Å². The number of alkyl carbamates (subject to hydrolysis) is 1. The molecule has 0 aliphatic heterocycles. The molecule has 3 N–H and O–H groups in total. The lowest BCUT2D eigenvalue weighted by Gasteiger charge is -2.18. The first kappa shape index (κ1) is 20.2. The summed E-state index contributed by atoms with van der Waals surface area (Å²) in [6.07, 6.45) is -2.38. The van der Waals surface area contributed by atoms with Gasteiger partial charge in [0.05, 0.1) is 0 Å². The van der Waals surface area contributed by atoms with Crippen LogP contribution in [0.2, 0.25) is 0 Å². The van der Waals surface area contributed by atoms with E-state index in [9.17, 15) is 15.0 Å². The number of aryl methyl sites for hydroxylation is 1. The molecule has 0 saturated carbocycles. The summed E-state index contributed by atoms with van der Waals surface area (Å²) in [5.41, 5.74) is 4.58. The molecule has 0 spiro atoms. The second-order valence-corrected chi connectivity index (χ2v) is 7.38. The standard InChI is InChI=1S/C24H25NO5/c1-2-15-11-12-22(30-15)23(27)21(26)13-25-24(28)29-14-20-18-9-5-3-7-16(18)17-8-4-6-10-19(17)20/h3-12,20-21,23,26-27H,2,13-14H2,1H3,(H,25,28). The number of furan rings is 1. The van der Waals surface area contributed by atoms with E-state index in [1.54, 1.807) is 12.1 Å². The Morgan fingerprint density at radius 1 is 1.03 bits per heavy atom. The number of hydrogen-bond donors (Lipinski definition) is 3. The summed E-state index contributed by atoms with van der Waals surface area (Å²) >= 11 is 0. The second kappa shape index (κ2) is 8.73. The Labute approximate surface area is 175 Å². The summed E-state index contributed by atoms with van der Waals surface area (Å²) in [5, 5.41) is 22.9. The van der Waals surface area contributed by atoms with Crippen molar-refractivity contribution in [2.24, 2.45) is 0 Å². The van der Waals surface area contributed by atoms with Crippen molar-refractivity contribution in [3.63, 3.8) is 0 Å². The molecule has 1 aliphatic rings. The third-order valence-electron chi connectivity index (χ3n) is 5.49. The first-order valence-electron chi connectivity index (χ1n) is 10.1. The molecule has 2 atom stereocenters. The third kappa shape index (κ3) is 3.97. The molecule has 3 aromatic rings. The van der Waals surface area contributed by atoms with Crippen LogP contribution in [0, 0.1) is 0 Å². The van der Waals surface area contributed by atoms with Gasteiger partial charge in [0.1, 0.15) is 30.3 Å². The van der Waals surface area contributed by atoms with Crippen LogP contribution in [0.15, 0.2) is 65.1 Å². The highest BCUT2D eigenvalue weighted by molar-refractivity contribution is 5.79. The van der Waals surface area contributed by atoms with Crippen LogP contribution < -0.4 is 5.32 Å². The number of rotatable bonds is 7. The molecule has 0 fully saturated rings. The van der Waals surface area contributed by atoms with Gasteiger partial charge < -0.3 is 24.7 Å². The minimum atomic E-state index is -1.22. The van der Waals surface area contributed by atoms with E-state index in [0.717, 1.165) is 28.0 Å². The Hall–Kier alpha value is -3.09. The van der Waals surface area contributed by atoms with Crippen molar-refractivity contribution in [3.05, 3.63) is 83.3 Å². The quantitative estimate of drug-likeness (QED) is 0.554. The topological polar surface area (TPSA) is 91.9 Å². The van der Waals surface area contributed by atoms with Crippen molar-refractivity contribution >= 4 is 6.09 Å². The van der Waals surface area contributed by atoms with Crippen LogP contribution in [0.3, 0.4) is 0 Å². The van der Waals surface area contributed by atoms with Gasteiger partial charge >= 0.3 is 6.09 Å². The number of ether oxygens (including phenoxy) is 1. The number of benzene rings is 2. The minimum absolute atomic E-state index is 0.0331. The molecule has 2 unspecified atom stereocenters. The van der Waals surface area contributed by atoms with Crippen LogP contribution in [0.25, 0.3) is 11.1 Å². The van der Waals surface area contributed by atoms with E-state index < -0.39 is 18.3 Å². The molecule has 4 rings (SSSR count). The summed E-state index contributed by atoms with van der Waals surface area (Å²) in [6, 6.07) is 19.6. The molecule has 2 aromatic carbocycles. The van der Waals surface area contributed by atoms with Crippen molar-refractivity contribution in [2.45, 2.75) is 31.5 Å². The molecule has 1 heterocycles. The summed E-state index contributed by atoms with van der Waals surface area (Å²) < 4.78 is 10.9. The number of aliphatic hydroxyl groups is 2. The fourth-order valence-corrected chi connectivity index (χ4v) is 3.88. The summed E-state index contributed by atoms with van der Waals surface area (Å²) in [7, 11) is 0. The molecular formula is C24H25NO5. The number of hydrogen-bond acceptors (Lipinski definition) is 5. The van der Waals surface area contributed by atoms with E-state index in [0.29, 0.717) is 6.42 Å². The van der Waals surface area contributed by atoms with Gasteiger partial charge in [0.25, 0.3) is 0 Å². The zero-order valence-electron chi connectivity index (χ0n) is 16.7. The van der Waals surface area contributed by atoms with Gasteiger partial charge in [-0.15, -0.1) is 0 Å². The number of amides is 1. The predicted octanol–water partition coefficient (Wildman–Crippen LogP) is 3.78. The van der Waals surface area contributed by atoms with Gasteiger partial charge in [-0.2, -0.15) is 0 Å². The highest BCUT2D eigenvalue weighted by Gasteiger charge is 2.29. The Kier molecular flexibility index (Phi) is 5.88. The SMILES string of the molecule is CCc1ccc(C(O)C(O)CNC(=O)OCC2c3ccccc3-c3ccccc32)o1. The predicted molar refractivity (Wildman–Crippen MR) is 112 cm³/mol. The lowest BCUT2D eigenvalue weighted by atomic mass is 9.98. The first-order chi connectivity index (χ1) is 14.6. The van der Waals surface area contributed by atoms with Crippen LogP contribution in [-0.2, 0) is 11.2 Å². The highest BCUT2D eigenvalue weighted by atomic mass is 16.5. The molecule has 156 valence electrons. The summed E-state index contributed by atoms with van der Waals surface area (Å²) in [4.78, 5) is 12.2. The normalized spacial score (nSPS) is 14.6. The number of carbonyl (C=O) groups is 1. The van der Waals surface area contributed by atoms with E-state index in [4.69, 9.17) is 9.15 Å². The molecule has 0 radical (unpaired) electrons. The molecule has 30 heavy (non-hydrogen) atoms. The lowest BCUT2D eigenvalue weighted by Crippen LogP contribution is -2.36. The Morgan fingerprint density at radius 2 is 1.67 bits per heavy atom. The van der Waals surface area contributed by atoms with Crippen molar-refractivity contribution in [1.82, 2.24) is 5.32 Å². The van der Waals surface area contributed by atoms with Gasteiger partial charge in [0, 0.05) is 18.9 Å². The third-order valence-corrected chi connectivity index (χ3v) is 5.49. The maximum Gasteiger partial charge on any atom is 0.407 e. The minimum Gasteiger partial charge on any atom is -0.463 e. The zero-order chi connectivity index (χ0) is 21.1. The molecule has 6 heteroatoms. The highest BCUT2D eigenvalue weighted by Crippen LogP contribution is 2.44. The molecule has 1 aromatic heterocycles. The number of aliphatic hydroxyl groups excluding tert-OH is 2. The van der Waals surface area contributed by atoms with E-state index in [1.165, 1.54) is 0 Å². The molecule has 0 saturated heterocycles. The van der Waals surface area contributed by atoms with Crippen molar-refractivity contribution < 1.29 is 24.2 Å². The van der Waals surface area contributed by atoms with Crippen LogP contribution in [0.1, 0.15) is 41.6 Å². The van der Waals surface area contributed by atoms with Gasteiger partial charge in [-0.3, -0.25) is 0 Å². The second-order valence-electron chi connectivity index (χ2n) is 7.38. The number of carbonyl (C=O) groups excluding carboxylic acids is 1. The average Bonchev–Trinajstić information content (AvgIpc) is 3.38. The Bertz CT molecular complexity index is 982. The largest absolute Gasteiger partial charge is 0.463 e. The van der Waals surface area contributed by atoms with Crippen LogP contribution >= 0.6 is 0 Å². The monoisotopic (exact) mass is 407 g/mol. The van der Waals surface area contributed by atoms with Crippen molar-refractivity contribution in [1.29, 1.82) is 0 Å². The maximum absolute atomic E-state index is 12.2. The smallest absolute Gasteiger partial charge is 0.407 e. The maximum atomic E-state index is 12.2. The molecule has 1 amide bonds. The zero-order valence-corrected chi connectivity index (χ0v) is 16.7. The van der Waals surface area contributed by atoms with Crippen LogP contribution in [0.5, 0.6) is 0 Å². The molecule has 6 nitrogen and oxygen atoms in total. The lowest BCUT2D eigenvalue weighted by molar-refractivity contribution is 0.00555. The Morgan fingerprint density at radius 3 is 2.27 bits per heavy atom. The Balaban J connectivity index is 1.33. The van der Waals surface area contributed by atoms with Crippen LogP contribution in [-0.4, -0.2) is 35.6 Å². The van der Waals surface area contributed by atoms with Gasteiger partial charge in [-0.25, -0.2) is 4.79 Å². The molecule has 1 aliphatic carbocycles. The van der Waals surface area contributed by atoms with Crippen LogP contribution in [0.4, 0.5) is 4.79 Å². The number of nitrogens with one attached hydrogen (secondary N) is 1. The van der Waals surface area contributed by atoms with Crippen molar-refractivity contribution in [2.75, 3.05) is 13.2 Å².